The van der Waals surface area contributed by atoms with Crippen LogP contribution < -0.4 is 14.2 Å². The maximum atomic E-state index is 10.6. The van der Waals surface area contributed by atoms with Gasteiger partial charge in [0.05, 0.1) is 18.3 Å². The van der Waals surface area contributed by atoms with Crippen molar-refractivity contribution in [1.82, 2.24) is 0 Å². The molecule has 58 heavy (non-hydrogen) atoms. The molecule has 3 N–H and O–H groups in total. The summed E-state index contributed by atoms with van der Waals surface area (Å²) in [4.78, 5) is 2.79. The smallest absolute Gasteiger partial charge is 0.174 e. The van der Waals surface area contributed by atoms with E-state index < -0.39 is 34.6 Å². The minimum absolute atomic E-state index is 0.194. The molecule has 6 nitrogen and oxygen atoms in total. The van der Waals surface area contributed by atoms with Gasteiger partial charge in [-0.15, -0.1) is 0 Å². The Hall–Kier alpha value is -3.48. The molecule has 12 heteroatoms. The first kappa shape index (κ1) is 44.1. The van der Waals surface area contributed by atoms with Gasteiger partial charge in [-0.2, -0.15) is 0 Å². The van der Waals surface area contributed by atoms with Gasteiger partial charge in [0.15, 0.2) is 16.3 Å². The van der Waals surface area contributed by atoms with Crippen molar-refractivity contribution in [1.29, 1.82) is 0 Å². The van der Waals surface area contributed by atoms with E-state index in [2.05, 4.69) is 0 Å². The van der Waals surface area contributed by atoms with Gasteiger partial charge in [0, 0.05) is 35.7 Å². The molecule has 0 amide bonds. The van der Waals surface area contributed by atoms with Crippen LogP contribution in [0, 0.1) is 0 Å². The van der Waals surface area contributed by atoms with Crippen LogP contribution in [0.1, 0.15) is 43.4 Å². The Morgan fingerprint density at radius 2 is 0.586 bits per heavy atom. The number of halogens is 3. The predicted molar refractivity (Wildman–Crippen MR) is 240 cm³/mol. The normalized spacial score (nSPS) is 15.1. The number of rotatable bonds is 18. The Balaban J connectivity index is 1.25. The molecule has 0 saturated heterocycles. The molecule has 6 rings (SSSR count). The van der Waals surface area contributed by atoms with Crippen molar-refractivity contribution in [2.24, 2.45) is 0 Å². The Morgan fingerprint density at radius 1 is 0.362 bits per heavy atom. The predicted octanol–water partition coefficient (Wildman–Crippen LogP) is 12.5. The van der Waals surface area contributed by atoms with Crippen LogP contribution in [0.4, 0.5) is 0 Å². The van der Waals surface area contributed by atoms with E-state index in [1.807, 2.05) is 146 Å². The quantitative estimate of drug-likeness (QED) is 0.0443. The summed E-state index contributed by atoms with van der Waals surface area (Å²) in [6.07, 6.45) is -2.23. The number of aliphatic hydroxyl groups is 3. The van der Waals surface area contributed by atoms with Crippen molar-refractivity contribution in [2.75, 3.05) is 0 Å². The average molecular weight is 894 g/mol. The number of ether oxygens (including phenoxy) is 3. The summed E-state index contributed by atoms with van der Waals surface area (Å²) in [6, 6.07) is 45.9. The lowest BCUT2D eigenvalue weighted by molar-refractivity contribution is 0.101. The third-order valence-corrected chi connectivity index (χ3v) is 13.3. The van der Waals surface area contributed by atoms with E-state index in [0.717, 1.165) is 31.4 Å². The van der Waals surface area contributed by atoms with E-state index in [1.54, 1.807) is 20.8 Å². The molecule has 0 spiro atoms. The lowest BCUT2D eigenvalue weighted by Crippen LogP contribution is -2.25. The standard InChI is InChI=1S/C46H43Cl3O6S3/c1-28(50)44(56-40-22-10-34(47)11-23-40)53-37-16-4-31(5-17-37)43(32-6-18-38(19-7-32)54-45(29(2)51)57-41-24-12-35(48)13-25-41)33-8-20-39(21-9-33)55-46(30(3)52)58-42-26-14-36(49)15-27-42/h4-30,43-46,50-52H,1-3H3. The summed E-state index contributed by atoms with van der Waals surface area (Å²) in [5, 5.41) is 33.7. The van der Waals surface area contributed by atoms with Crippen molar-refractivity contribution >= 4 is 70.1 Å². The Morgan fingerprint density at radius 3 is 0.793 bits per heavy atom. The highest BCUT2D eigenvalue weighted by molar-refractivity contribution is 8.00. The Labute approximate surface area is 367 Å². The van der Waals surface area contributed by atoms with Crippen molar-refractivity contribution in [3.63, 3.8) is 0 Å². The van der Waals surface area contributed by atoms with Gasteiger partial charge in [0.2, 0.25) is 0 Å². The van der Waals surface area contributed by atoms with Crippen molar-refractivity contribution in [2.45, 2.75) is 76.0 Å². The van der Waals surface area contributed by atoms with E-state index in [0.29, 0.717) is 32.3 Å². The fourth-order valence-electron chi connectivity index (χ4n) is 5.80. The van der Waals surface area contributed by atoms with Gasteiger partial charge in [0.25, 0.3) is 0 Å². The number of benzene rings is 6. The van der Waals surface area contributed by atoms with Crippen LogP contribution in [0.25, 0.3) is 0 Å². The lowest BCUT2D eigenvalue weighted by Gasteiger charge is -2.24. The first-order chi connectivity index (χ1) is 27.9. The minimum Gasteiger partial charge on any atom is -0.477 e. The highest BCUT2D eigenvalue weighted by Crippen LogP contribution is 2.38. The Bertz CT molecular complexity index is 1900. The second-order valence-corrected chi connectivity index (χ2v) is 18.4. The van der Waals surface area contributed by atoms with Crippen molar-refractivity contribution in [3.8, 4) is 17.2 Å². The zero-order valence-corrected chi connectivity index (χ0v) is 36.5. The van der Waals surface area contributed by atoms with Gasteiger partial charge in [-0.3, -0.25) is 0 Å². The van der Waals surface area contributed by atoms with Crippen LogP contribution in [0.2, 0.25) is 15.1 Å². The van der Waals surface area contributed by atoms with E-state index in [9.17, 15) is 15.3 Å². The molecule has 0 fully saturated rings. The van der Waals surface area contributed by atoms with Gasteiger partial charge in [0.1, 0.15) is 17.2 Å². The van der Waals surface area contributed by atoms with E-state index >= 15 is 0 Å². The molecule has 0 aliphatic rings. The highest BCUT2D eigenvalue weighted by Gasteiger charge is 2.24. The second kappa shape index (κ2) is 21.2. The maximum Gasteiger partial charge on any atom is 0.174 e. The Kier molecular flexibility index (Phi) is 16.1. The molecular weight excluding hydrogens is 851 g/mol. The first-order valence-electron chi connectivity index (χ1n) is 18.5. The third-order valence-electron chi connectivity index (χ3n) is 8.78. The summed E-state index contributed by atoms with van der Waals surface area (Å²) in [5.74, 6) is 1.66. The first-order valence-corrected chi connectivity index (χ1v) is 22.3. The topological polar surface area (TPSA) is 88.4 Å². The highest BCUT2D eigenvalue weighted by atomic mass is 35.5. The van der Waals surface area contributed by atoms with Crippen LogP contribution in [0.3, 0.4) is 0 Å². The van der Waals surface area contributed by atoms with Gasteiger partial charge in [-0.25, -0.2) is 0 Å². The molecule has 0 aromatic heterocycles. The van der Waals surface area contributed by atoms with Crippen LogP contribution in [0.5, 0.6) is 17.2 Å². The molecule has 0 heterocycles. The molecular formula is C46H43Cl3O6S3. The molecule has 6 atom stereocenters. The van der Waals surface area contributed by atoms with Crippen LogP contribution in [0.15, 0.2) is 160 Å². The number of thioether (sulfide) groups is 3. The maximum absolute atomic E-state index is 10.6. The van der Waals surface area contributed by atoms with E-state index in [-0.39, 0.29) is 5.92 Å². The SMILES string of the molecule is CC(O)C(Oc1ccc(C(c2ccc(OC(Sc3ccc(Cl)cc3)C(C)O)cc2)c2ccc(OC(Sc3ccc(Cl)cc3)C(C)O)cc2)cc1)Sc1ccc(Cl)cc1. The molecule has 0 bridgehead atoms. The summed E-state index contributed by atoms with van der Waals surface area (Å²) >= 11 is 22.5. The van der Waals surface area contributed by atoms with Crippen LogP contribution >= 0.6 is 70.1 Å². The van der Waals surface area contributed by atoms with Crippen molar-refractivity contribution in [3.05, 3.63) is 177 Å². The van der Waals surface area contributed by atoms with Gasteiger partial charge in [-0.1, -0.05) is 106 Å². The summed E-state index contributed by atoms with van der Waals surface area (Å²) in [7, 11) is 0. The van der Waals surface area contributed by atoms with Crippen LogP contribution in [-0.2, 0) is 0 Å². The molecule has 0 radical (unpaired) electrons. The van der Waals surface area contributed by atoms with E-state index in [4.69, 9.17) is 49.0 Å². The summed E-state index contributed by atoms with van der Waals surface area (Å²) < 4.78 is 18.9. The monoisotopic (exact) mass is 892 g/mol. The molecule has 6 aromatic carbocycles. The molecule has 6 unspecified atom stereocenters. The largest absolute Gasteiger partial charge is 0.477 e. The minimum atomic E-state index is -0.745. The second-order valence-electron chi connectivity index (χ2n) is 13.5. The fraction of sp³-hybridized carbons (Fsp3) is 0.217. The molecule has 302 valence electrons. The fourth-order valence-corrected chi connectivity index (χ4v) is 8.93. The van der Waals surface area contributed by atoms with Crippen molar-refractivity contribution < 1.29 is 29.5 Å². The number of aliphatic hydroxyl groups excluding tert-OH is 3. The molecule has 0 aliphatic carbocycles. The van der Waals surface area contributed by atoms with Gasteiger partial charge >= 0.3 is 0 Å². The molecule has 0 saturated carbocycles. The van der Waals surface area contributed by atoms with Gasteiger partial charge in [-0.05, 0) is 147 Å². The zero-order chi connectivity index (χ0) is 41.2. The van der Waals surface area contributed by atoms with Crippen LogP contribution in [-0.4, -0.2) is 49.9 Å². The van der Waals surface area contributed by atoms with E-state index in [1.165, 1.54) is 35.3 Å². The lowest BCUT2D eigenvalue weighted by atomic mass is 9.85. The summed E-state index contributed by atoms with van der Waals surface area (Å²) in [6.45, 7) is 5.12. The number of hydrogen-bond donors (Lipinski definition) is 3. The molecule has 0 aliphatic heterocycles. The third kappa shape index (κ3) is 12.8. The number of hydrogen-bond acceptors (Lipinski definition) is 9. The average Bonchev–Trinajstić information content (AvgIpc) is 3.21. The zero-order valence-electron chi connectivity index (χ0n) is 31.8. The summed E-state index contributed by atoms with van der Waals surface area (Å²) in [5.41, 5.74) is 1.38. The molecule has 6 aromatic rings. The van der Waals surface area contributed by atoms with Gasteiger partial charge < -0.3 is 29.5 Å².